The van der Waals surface area contributed by atoms with Crippen molar-refractivity contribution in [2.45, 2.75) is 45.2 Å². The molecule has 0 aliphatic carbocycles. The lowest BCUT2D eigenvalue weighted by Crippen LogP contribution is -2.62. The fraction of sp³-hybridized carbons (Fsp3) is 0.600. The Kier molecular flexibility index (Phi) is 4.36. The van der Waals surface area contributed by atoms with E-state index >= 15 is 0 Å². The molecule has 0 amide bonds. The van der Waals surface area contributed by atoms with E-state index in [0.717, 1.165) is 31.6 Å². The predicted molar refractivity (Wildman–Crippen MR) is 79.5 cm³/mol. The molecule has 106 valence electrons. The van der Waals surface area contributed by atoms with Crippen molar-refractivity contribution in [3.8, 4) is 0 Å². The molecule has 2 nitrogen and oxygen atoms in total. The van der Waals surface area contributed by atoms with Gasteiger partial charge in [0, 0.05) is 30.4 Å². The van der Waals surface area contributed by atoms with Crippen LogP contribution in [0.25, 0.3) is 0 Å². The first-order valence-electron chi connectivity index (χ1n) is 6.96. The zero-order chi connectivity index (χ0) is 14.0. The minimum absolute atomic E-state index is 0.0851. The van der Waals surface area contributed by atoms with Crippen molar-refractivity contribution >= 4 is 17.3 Å². The Balaban J connectivity index is 2.29. The van der Waals surface area contributed by atoms with Gasteiger partial charge in [-0.05, 0) is 38.0 Å². The molecule has 0 bridgehead atoms. The van der Waals surface area contributed by atoms with E-state index in [1.807, 2.05) is 6.07 Å². The molecule has 1 aliphatic heterocycles. The SMILES string of the molecule is CCC1CNC(C)(CC)CN1c1ccc(Cl)c(F)c1. The van der Waals surface area contributed by atoms with Crippen LogP contribution < -0.4 is 10.2 Å². The largest absolute Gasteiger partial charge is 0.365 e. The lowest BCUT2D eigenvalue weighted by atomic mass is 9.92. The van der Waals surface area contributed by atoms with E-state index in [0.29, 0.717) is 6.04 Å². The average Bonchev–Trinajstić information content (AvgIpc) is 2.42. The van der Waals surface area contributed by atoms with Crippen LogP contribution in [0.5, 0.6) is 0 Å². The zero-order valence-electron chi connectivity index (χ0n) is 11.8. The Morgan fingerprint density at radius 1 is 1.47 bits per heavy atom. The van der Waals surface area contributed by atoms with Gasteiger partial charge in [0.15, 0.2) is 0 Å². The van der Waals surface area contributed by atoms with E-state index in [1.165, 1.54) is 0 Å². The fourth-order valence-electron chi connectivity index (χ4n) is 2.60. The van der Waals surface area contributed by atoms with Crippen molar-refractivity contribution < 1.29 is 4.39 Å². The zero-order valence-corrected chi connectivity index (χ0v) is 12.6. The summed E-state index contributed by atoms with van der Waals surface area (Å²) in [5.41, 5.74) is 1.01. The highest BCUT2D eigenvalue weighted by atomic mass is 35.5. The minimum atomic E-state index is -0.342. The van der Waals surface area contributed by atoms with Crippen molar-refractivity contribution in [3.05, 3.63) is 29.0 Å². The van der Waals surface area contributed by atoms with Crippen LogP contribution in [0.2, 0.25) is 5.02 Å². The highest BCUT2D eigenvalue weighted by Gasteiger charge is 2.34. The van der Waals surface area contributed by atoms with Crippen molar-refractivity contribution in [2.24, 2.45) is 0 Å². The molecule has 1 aromatic rings. The summed E-state index contributed by atoms with van der Waals surface area (Å²) in [5.74, 6) is -0.342. The van der Waals surface area contributed by atoms with Crippen molar-refractivity contribution in [2.75, 3.05) is 18.0 Å². The van der Waals surface area contributed by atoms with Crippen LogP contribution in [0.15, 0.2) is 18.2 Å². The van der Waals surface area contributed by atoms with E-state index in [4.69, 9.17) is 11.6 Å². The first-order valence-corrected chi connectivity index (χ1v) is 7.33. The third-order valence-corrected chi connectivity index (χ3v) is 4.52. The second-order valence-electron chi connectivity index (χ2n) is 5.58. The average molecular weight is 285 g/mol. The number of hydrogen-bond donors (Lipinski definition) is 1. The summed E-state index contributed by atoms with van der Waals surface area (Å²) in [7, 11) is 0. The van der Waals surface area contributed by atoms with Crippen LogP contribution in [0.3, 0.4) is 0 Å². The molecule has 1 aromatic carbocycles. The van der Waals surface area contributed by atoms with Gasteiger partial charge in [-0.15, -0.1) is 0 Å². The molecule has 2 atom stereocenters. The minimum Gasteiger partial charge on any atom is -0.365 e. The first kappa shape index (κ1) is 14.6. The number of nitrogens with zero attached hydrogens (tertiary/aromatic N) is 1. The molecule has 0 spiro atoms. The summed E-state index contributed by atoms with van der Waals surface area (Å²) in [6.07, 6.45) is 2.09. The normalized spacial score (nSPS) is 27.6. The van der Waals surface area contributed by atoms with Crippen LogP contribution in [0, 0.1) is 5.82 Å². The van der Waals surface area contributed by atoms with Gasteiger partial charge in [0.2, 0.25) is 0 Å². The monoisotopic (exact) mass is 284 g/mol. The topological polar surface area (TPSA) is 15.3 Å². The third kappa shape index (κ3) is 3.03. The lowest BCUT2D eigenvalue weighted by Gasteiger charge is -2.47. The predicted octanol–water partition coefficient (Wildman–Crippen LogP) is 3.84. The quantitative estimate of drug-likeness (QED) is 0.907. The molecule has 2 unspecified atom stereocenters. The molecule has 1 heterocycles. The number of halogens is 2. The van der Waals surface area contributed by atoms with E-state index < -0.39 is 0 Å². The third-order valence-electron chi connectivity index (χ3n) is 4.21. The van der Waals surface area contributed by atoms with Crippen LogP contribution in [-0.2, 0) is 0 Å². The van der Waals surface area contributed by atoms with Crippen LogP contribution in [0.1, 0.15) is 33.6 Å². The molecule has 1 saturated heterocycles. The Labute approximate surface area is 119 Å². The molecule has 4 heteroatoms. The van der Waals surface area contributed by atoms with Crippen LogP contribution in [-0.4, -0.2) is 24.7 Å². The van der Waals surface area contributed by atoms with Gasteiger partial charge in [0.05, 0.1) is 5.02 Å². The molecule has 19 heavy (non-hydrogen) atoms. The Bertz CT molecular complexity index is 452. The van der Waals surface area contributed by atoms with Gasteiger partial charge in [-0.25, -0.2) is 4.39 Å². The second kappa shape index (κ2) is 5.68. The van der Waals surface area contributed by atoms with Crippen LogP contribution >= 0.6 is 11.6 Å². The summed E-state index contributed by atoms with van der Waals surface area (Å²) in [6, 6.07) is 5.51. The highest BCUT2D eigenvalue weighted by Crippen LogP contribution is 2.29. The molecule has 2 rings (SSSR count). The Morgan fingerprint density at radius 2 is 2.21 bits per heavy atom. The van der Waals surface area contributed by atoms with E-state index in [1.54, 1.807) is 12.1 Å². The smallest absolute Gasteiger partial charge is 0.143 e. The number of benzene rings is 1. The summed E-state index contributed by atoms with van der Waals surface area (Å²) in [5, 5.41) is 3.80. The number of nitrogens with one attached hydrogen (secondary N) is 1. The van der Waals surface area contributed by atoms with Crippen LogP contribution in [0.4, 0.5) is 10.1 Å². The van der Waals surface area contributed by atoms with Gasteiger partial charge in [0.25, 0.3) is 0 Å². The summed E-state index contributed by atoms with van der Waals surface area (Å²) in [6.45, 7) is 8.40. The van der Waals surface area contributed by atoms with Gasteiger partial charge < -0.3 is 10.2 Å². The molecule has 0 radical (unpaired) electrons. The van der Waals surface area contributed by atoms with Gasteiger partial charge in [-0.3, -0.25) is 0 Å². The fourth-order valence-corrected chi connectivity index (χ4v) is 2.72. The first-order chi connectivity index (χ1) is 8.99. The maximum atomic E-state index is 13.7. The summed E-state index contributed by atoms with van der Waals surface area (Å²) < 4.78 is 13.7. The van der Waals surface area contributed by atoms with Gasteiger partial charge >= 0.3 is 0 Å². The number of hydrogen-bond acceptors (Lipinski definition) is 2. The molecule has 0 saturated carbocycles. The van der Waals surface area contributed by atoms with Crippen molar-refractivity contribution in [1.29, 1.82) is 0 Å². The summed E-state index contributed by atoms with van der Waals surface area (Å²) >= 11 is 5.77. The Morgan fingerprint density at radius 3 is 2.79 bits per heavy atom. The second-order valence-corrected chi connectivity index (χ2v) is 5.99. The van der Waals surface area contributed by atoms with Crippen molar-refractivity contribution in [3.63, 3.8) is 0 Å². The van der Waals surface area contributed by atoms with E-state index in [-0.39, 0.29) is 16.4 Å². The Hall–Kier alpha value is -0.800. The van der Waals surface area contributed by atoms with E-state index in [2.05, 4.69) is 31.0 Å². The number of anilines is 1. The van der Waals surface area contributed by atoms with Crippen molar-refractivity contribution in [1.82, 2.24) is 5.32 Å². The van der Waals surface area contributed by atoms with E-state index in [9.17, 15) is 4.39 Å². The molecule has 1 fully saturated rings. The molecule has 0 aromatic heterocycles. The molecule has 1 aliphatic rings. The number of rotatable bonds is 3. The molecule has 1 N–H and O–H groups in total. The molecular weight excluding hydrogens is 263 g/mol. The summed E-state index contributed by atoms with van der Waals surface area (Å²) in [4.78, 5) is 2.30. The standard InChI is InChI=1S/C15H22ClFN2/c1-4-11-9-18-15(3,5-2)10-19(11)12-6-7-13(16)14(17)8-12/h6-8,11,18H,4-5,9-10H2,1-3H3. The van der Waals surface area contributed by atoms with Gasteiger partial charge in [0.1, 0.15) is 5.82 Å². The maximum Gasteiger partial charge on any atom is 0.143 e. The number of piperazine rings is 1. The molecular formula is C15H22ClFN2. The van der Waals surface area contributed by atoms with Gasteiger partial charge in [-0.1, -0.05) is 25.4 Å². The maximum absolute atomic E-state index is 13.7. The van der Waals surface area contributed by atoms with Gasteiger partial charge in [-0.2, -0.15) is 0 Å². The lowest BCUT2D eigenvalue weighted by molar-refractivity contribution is 0.276. The highest BCUT2D eigenvalue weighted by molar-refractivity contribution is 6.30.